The molecule has 2 unspecified atom stereocenters. The first-order chi connectivity index (χ1) is 8.29. The summed E-state index contributed by atoms with van der Waals surface area (Å²) in [5.41, 5.74) is 1.37. The van der Waals surface area contributed by atoms with E-state index in [1.165, 1.54) is 31.2 Å². The Balaban J connectivity index is 1.86. The molecule has 0 bridgehead atoms. The van der Waals surface area contributed by atoms with Crippen LogP contribution in [0.4, 0.5) is 0 Å². The van der Waals surface area contributed by atoms with Gasteiger partial charge >= 0.3 is 0 Å². The van der Waals surface area contributed by atoms with Crippen LogP contribution in [0.3, 0.4) is 0 Å². The lowest BCUT2D eigenvalue weighted by Crippen LogP contribution is -2.38. The lowest BCUT2D eigenvalue weighted by molar-refractivity contribution is 0.405. The maximum atomic E-state index is 5.89. The van der Waals surface area contributed by atoms with E-state index in [-0.39, 0.29) is 0 Å². The molecule has 1 fully saturated rings. The zero-order chi connectivity index (χ0) is 12.1. The third kappa shape index (κ3) is 3.90. The Hall–Kier alpha value is -0.180. The smallest absolute Gasteiger partial charge is 0.0406 e. The fraction of sp³-hybridized carbons (Fsp3) is 0.571. The molecule has 1 aliphatic rings. The van der Waals surface area contributed by atoms with Gasteiger partial charge in [-0.15, -0.1) is 0 Å². The van der Waals surface area contributed by atoms with Crippen molar-refractivity contribution in [3.8, 4) is 0 Å². The van der Waals surface area contributed by atoms with Crippen molar-refractivity contribution in [2.75, 3.05) is 7.05 Å². The Bertz CT molecular complexity index is 339. The highest BCUT2D eigenvalue weighted by molar-refractivity contribution is 7.99. The Labute approximate surface area is 113 Å². The molecule has 3 heteroatoms. The molecule has 1 aromatic carbocycles. The van der Waals surface area contributed by atoms with Crippen LogP contribution in [0, 0.1) is 0 Å². The van der Waals surface area contributed by atoms with E-state index in [1.807, 2.05) is 12.1 Å². The minimum atomic E-state index is 0.695. The number of hydrogen-bond donors (Lipinski definition) is 1. The number of rotatable bonds is 4. The monoisotopic (exact) mass is 269 g/mol. The van der Waals surface area contributed by atoms with Gasteiger partial charge in [0.25, 0.3) is 0 Å². The van der Waals surface area contributed by atoms with Gasteiger partial charge in [-0.05, 0) is 37.6 Å². The summed E-state index contributed by atoms with van der Waals surface area (Å²) in [6, 6.07) is 8.92. The predicted octanol–water partition coefficient (Wildman–Crippen LogP) is 4.10. The van der Waals surface area contributed by atoms with Gasteiger partial charge in [-0.1, -0.05) is 36.6 Å². The van der Waals surface area contributed by atoms with Crippen LogP contribution in [0.5, 0.6) is 0 Å². The Morgan fingerprint density at radius 1 is 1.24 bits per heavy atom. The van der Waals surface area contributed by atoms with E-state index in [0.717, 1.165) is 16.0 Å². The third-order valence-corrected chi connectivity index (χ3v) is 5.20. The average Bonchev–Trinajstić information content (AvgIpc) is 2.38. The Kier molecular flexibility index (Phi) is 5.20. The molecule has 17 heavy (non-hydrogen) atoms. The van der Waals surface area contributed by atoms with Crippen LogP contribution in [0.25, 0.3) is 0 Å². The van der Waals surface area contributed by atoms with Crippen LogP contribution in [-0.4, -0.2) is 18.3 Å². The first kappa shape index (κ1) is 13.3. The molecule has 0 radical (unpaired) electrons. The zero-order valence-corrected chi connectivity index (χ0v) is 11.9. The highest BCUT2D eigenvalue weighted by atomic mass is 35.5. The van der Waals surface area contributed by atoms with Crippen molar-refractivity contribution in [2.24, 2.45) is 0 Å². The number of halogens is 1. The summed E-state index contributed by atoms with van der Waals surface area (Å²) in [4.78, 5) is 0. The number of benzene rings is 1. The van der Waals surface area contributed by atoms with Gasteiger partial charge < -0.3 is 5.32 Å². The topological polar surface area (TPSA) is 12.0 Å². The SMILES string of the molecule is CNC1CCCCC1SCc1ccc(Cl)cc1. The maximum Gasteiger partial charge on any atom is 0.0406 e. The molecule has 0 aliphatic heterocycles. The second-order valence-corrected chi connectivity index (χ2v) is 6.32. The molecule has 2 atom stereocenters. The quantitative estimate of drug-likeness (QED) is 0.883. The third-order valence-electron chi connectivity index (χ3n) is 3.45. The summed E-state index contributed by atoms with van der Waals surface area (Å²) in [5, 5.41) is 5.05. The van der Waals surface area contributed by atoms with Crippen LogP contribution in [0.1, 0.15) is 31.2 Å². The predicted molar refractivity (Wildman–Crippen MR) is 77.9 cm³/mol. The molecule has 0 aromatic heterocycles. The summed E-state index contributed by atoms with van der Waals surface area (Å²) >= 11 is 7.97. The fourth-order valence-corrected chi connectivity index (χ4v) is 3.97. The lowest BCUT2D eigenvalue weighted by atomic mass is 9.95. The summed E-state index contributed by atoms with van der Waals surface area (Å²) in [5.74, 6) is 1.10. The first-order valence-electron chi connectivity index (χ1n) is 6.33. The summed E-state index contributed by atoms with van der Waals surface area (Å²) in [6.45, 7) is 0. The van der Waals surface area contributed by atoms with Gasteiger partial charge in [0.1, 0.15) is 0 Å². The minimum Gasteiger partial charge on any atom is -0.316 e. The van der Waals surface area contributed by atoms with Gasteiger partial charge in [0.05, 0.1) is 0 Å². The van der Waals surface area contributed by atoms with Crippen molar-refractivity contribution >= 4 is 23.4 Å². The second-order valence-electron chi connectivity index (χ2n) is 4.66. The average molecular weight is 270 g/mol. The zero-order valence-electron chi connectivity index (χ0n) is 10.3. The van der Waals surface area contributed by atoms with Crippen molar-refractivity contribution in [3.05, 3.63) is 34.9 Å². The second kappa shape index (κ2) is 6.67. The number of thioether (sulfide) groups is 1. The largest absolute Gasteiger partial charge is 0.316 e. The number of nitrogens with one attached hydrogen (secondary N) is 1. The van der Waals surface area contributed by atoms with E-state index in [9.17, 15) is 0 Å². The van der Waals surface area contributed by atoms with Gasteiger partial charge in [0.2, 0.25) is 0 Å². The molecular weight excluding hydrogens is 250 g/mol. The van der Waals surface area contributed by atoms with Crippen LogP contribution in [-0.2, 0) is 5.75 Å². The van der Waals surface area contributed by atoms with Crippen molar-refractivity contribution in [2.45, 2.75) is 42.7 Å². The van der Waals surface area contributed by atoms with E-state index >= 15 is 0 Å². The van der Waals surface area contributed by atoms with Gasteiger partial charge in [-0.2, -0.15) is 11.8 Å². The molecule has 1 saturated carbocycles. The van der Waals surface area contributed by atoms with Crippen molar-refractivity contribution in [1.29, 1.82) is 0 Å². The fourth-order valence-electron chi connectivity index (χ4n) is 2.41. The van der Waals surface area contributed by atoms with Crippen molar-refractivity contribution in [1.82, 2.24) is 5.32 Å². The van der Waals surface area contributed by atoms with Gasteiger partial charge in [0, 0.05) is 22.1 Å². The molecule has 0 amide bonds. The number of hydrogen-bond acceptors (Lipinski definition) is 2. The van der Waals surface area contributed by atoms with E-state index < -0.39 is 0 Å². The standard InChI is InChI=1S/C14H20ClNS/c1-16-13-4-2-3-5-14(13)17-10-11-6-8-12(15)9-7-11/h6-9,13-14,16H,2-5,10H2,1H3. The molecule has 1 nitrogen and oxygen atoms in total. The van der Waals surface area contributed by atoms with Crippen LogP contribution >= 0.6 is 23.4 Å². The molecule has 1 N–H and O–H groups in total. The molecule has 0 spiro atoms. The maximum absolute atomic E-state index is 5.89. The van der Waals surface area contributed by atoms with E-state index in [0.29, 0.717) is 6.04 Å². The molecular formula is C14H20ClNS. The van der Waals surface area contributed by atoms with Gasteiger partial charge in [-0.25, -0.2) is 0 Å². The molecule has 2 rings (SSSR count). The van der Waals surface area contributed by atoms with E-state index in [4.69, 9.17) is 11.6 Å². The molecule has 94 valence electrons. The summed E-state index contributed by atoms with van der Waals surface area (Å²) in [7, 11) is 2.09. The normalized spacial score (nSPS) is 24.8. The molecule has 0 heterocycles. The van der Waals surface area contributed by atoms with Gasteiger partial charge in [0.15, 0.2) is 0 Å². The van der Waals surface area contributed by atoms with E-state index in [2.05, 4.69) is 36.3 Å². The molecule has 0 saturated heterocycles. The lowest BCUT2D eigenvalue weighted by Gasteiger charge is -2.30. The Morgan fingerprint density at radius 3 is 2.65 bits per heavy atom. The van der Waals surface area contributed by atoms with Crippen molar-refractivity contribution < 1.29 is 0 Å². The summed E-state index contributed by atoms with van der Waals surface area (Å²) in [6.07, 6.45) is 5.44. The highest BCUT2D eigenvalue weighted by Gasteiger charge is 2.23. The molecule has 1 aromatic rings. The summed E-state index contributed by atoms with van der Waals surface area (Å²) < 4.78 is 0. The van der Waals surface area contributed by atoms with Crippen molar-refractivity contribution in [3.63, 3.8) is 0 Å². The highest BCUT2D eigenvalue weighted by Crippen LogP contribution is 2.31. The van der Waals surface area contributed by atoms with Crippen LogP contribution in [0.2, 0.25) is 5.02 Å². The molecule has 1 aliphatic carbocycles. The first-order valence-corrected chi connectivity index (χ1v) is 7.75. The minimum absolute atomic E-state index is 0.695. The Morgan fingerprint density at radius 2 is 1.94 bits per heavy atom. The van der Waals surface area contributed by atoms with E-state index in [1.54, 1.807) is 0 Å². The van der Waals surface area contributed by atoms with Gasteiger partial charge in [-0.3, -0.25) is 0 Å². The van der Waals surface area contributed by atoms with Crippen LogP contribution in [0.15, 0.2) is 24.3 Å². The van der Waals surface area contributed by atoms with Crippen LogP contribution < -0.4 is 5.32 Å².